The van der Waals surface area contributed by atoms with Gasteiger partial charge in [-0.05, 0) is 35.9 Å². The molecule has 0 saturated carbocycles. The van der Waals surface area contributed by atoms with E-state index in [1.165, 1.54) is 37.4 Å². The molecule has 0 aromatic heterocycles. The molecule has 0 radical (unpaired) electrons. The number of hydrogen-bond donors (Lipinski definition) is 1. The lowest BCUT2D eigenvalue weighted by atomic mass is 10.0. The highest BCUT2D eigenvalue weighted by Crippen LogP contribution is 2.30. The number of rotatable bonds is 3. The number of halogens is 1. The molecule has 18 heavy (non-hydrogen) atoms. The van der Waals surface area contributed by atoms with E-state index in [-0.39, 0.29) is 11.3 Å². The molecule has 0 aliphatic carbocycles. The molecule has 3 nitrogen and oxygen atoms in total. The Bertz CT molecular complexity index is 594. The molecule has 0 heterocycles. The lowest BCUT2D eigenvalue weighted by Crippen LogP contribution is -1.89. The SMILES string of the molecule is COc1ccc(F)c(-c2ccc(C=O)c(O)c2)c1. The van der Waals surface area contributed by atoms with Crippen molar-refractivity contribution in [1.82, 2.24) is 0 Å². The first-order valence-electron chi connectivity index (χ1n) is 5.28. The monoisotopic (exact) mass is 246 g/mol. The van der Waals surface area contributed by atoms with Crippen LogP contribution in [0.2, 0.25) is 0 Å². The molecule has 2 aromatic rings. The second kappa shape index (κ2) is 4.87. The first-order valence-corrected chi connectivity index (χ1v) is 5.28. The van der Waals surface area contributed by atoms with Gasteiger partial charge in [0.15, 0.2) is 6.29 Å². The molecule has 0 fully saturated rings. The molecule has 0 saturated heterocycles. The first-order chi connectivity index (χ1) is 8.65. The maximum atomic E-state index is 13.7. The van der Waals surface area contributed by atoms with Gasteiger partial charge in [-0.25, -0.2) is 4.39 Å². The predicted molar refractivity (Wildman–Crippen MR) is 65.4 cm³/mol. The largest absolute Gasteiger partial charge is 0.507 e. The molecular weight excluding hydrogens is 235 g/mol. The second-order valence-electron chi connectivity index (χ2n) is 3.74. The van der Waals surface area contributed by atoms with E-state index in [1.54, 1.807) is 6.07 Å². The number of aldehydes is 1. The zero-order chi connectivity index (χ0) is 13.1. The minimum absolute atomic E-state index is 0.169. The minimum atomic E-state index is -0.422. The fourth-order valence-electron chi connectivity index (χ4n) is 1.66. The van der Waals surface area contributed by atoms with Gasteiger partial charge in [-0.1, -0.05) is 6.07 Å². The summed E-state index contributed by atoms with van der Waals surface area (Å²) in [5, 5.41) is 9.59. The molecule has 0 bridgehead atoms. The third-order valence-electron chi connectivity index (χ3n) is 2.64. The summed E-state index contributed by atoms with van der Waals surface area (Å²) in [6, 6.07) is 8.70. The van der Waals surface area contributed by atoms with Crippen LogP contribution in [-0.2, 0) is 0 Å². The normalized spacial score (nSPS) is 10.1. The fourth-order valence-corrected chi connectivity index (χ4v) is 1.66. The Morgan fingerprint density at radius 2 is 2.00 bits per heavy atom. The van der Waals surface area contributed by atoms with Crippen LogP contribution in [0.1, 0.15) is 10.4 Å². The zero-order valence-corrected chi connectivity index (χ0v) is 9.68. The van der Waals surface area contributed by atoms with Crippen LogP contribution in [0.25, 0.3) is 11.1 Å². The van der Waals surface area contributed by atoms with Crippen molar-refractivity contribution in [1.29, 1.82) is 0 Å². The van der Waals surface area contributed by atoms with E-state index in [0.29, 0.717) is 23.2 Å². The molecule has 0 unspecified atom stereocenters. The van der Waals surface area contributed by atoms with Crippen molar-refractivity contribution >= 4 is 6.29 Å². The number of methoxy groups -OCH3 is 1. The highest BCUT2D eigenvalue weighted by atomic mass is 19.1. The summed E-state index contributed by atoms with van der Waals surface area (Å²) in [5.74, 6) is -0.0795. The number of phenols is 1. The lowest BCUT2D eigenvalue weighted by molar-refractivity contribution is 0.112. The number of hydrogen-bond acceptors (Lipinski definition) is 3. The van der Waals surface area contributed by atoms with E-state index < -0.39 is 5.82 Å². The van der Waals surface area contributed by atoms with E-state index >= 15 is 0 Å². The van der Waals surface area contributed by atoms with Crippen LogP contribution in [0.4, 0.5) is 4.39 Å². The number of phenolic OH excluding ortho intramolecular Hbond substituents is 1. The molecule has 1 N–H and O–H groups in total. The summed E-state index contributed by atoms with van der Waals surface area (Å²) in [7, 11) is 1.49. The van der Waals surface area contributed by atoms with Crippen LogP contribution in [0.3, 0.4) is 0 Å². The van der Waals surface area contributed by atoms with Gasteiger partial charge in [0.2, 0.25) is 0 Å². The molecule has 0 spiro atoms. The van der Waals surface area contributed by atoms with Gasteiger partial charge < -0.3 is 9.84 Å². The fraction of sp³-hybridized carbons (Fsp3) is 0.0714. The molecule has 0 aliphatic heterocycles. The Morgan fingerprint density at radius 1 is 1.22 bits per heavy atom. The molecule has 0 atom stereocenters. The van der Waals surface area contributed by atoms with Gasteiger partial charge in [0.1, 0.15) is 17.3 Å². The van der Waals surface area contributed by atoms with Crippen LogP contribution >= 0.6 is 0 Å². The van der Waals surface area contributed by atoms with Crippen LogP contribution in [0, 0.1) is 5.82 Å². The Kier molecular flexibility index (Phi) is 3.28. The summed E-state index contributed by atoms with van der Waals surface area (Å²) in [5.41, 5.74) is 0.957. The van der Waals surface area contributed by atoms with Gasteiger partial charge in [-0.2, -0.15) is 0 Å². The van der Waals surface area contributed by atoms with Gasteiger partial charge in [0.25, 0.3) is 0 Å². The first kappa shape index (κ1) is 12.1. The van der Waals surface area contributed by atoms with E-state index in [9.17, 15) is 14.3 Å². The average Bonchev–Trinajstić information content (AvgIpc) is 2.39. The number of carbonyl (C=O) groups excluding carboxylic acids is 1. The molecule has 0 aliphatic rings. The van der Waals surface area contributed by atoms with E-state index in [0.717, 1.165) is 0 Å². The van der Waals surface area contributed by atoms with Crippen LogP contribution in [-0.4, -0.2) is 18.5 Å². The Morgan fingerprint density at radius 3 is 2.61 bits per heavy atom. The summed E-state index contributed by atoms with van der Waals surface area (Å²) in [4.78, 5) is 10.6. The number of ether oxygens (including phenoxy) is 1. The van der Waals surface area contributed by atoms with Crippen molar-refractivity contribution in [2.24, 2.45) is 0 Å². The van der Waals surface area contributed by atoms with Crippen LogP contribution in [0.5, 0.6) is 11.5 Å². The molecule has 2 rings (SSSR count). The quantitative estimate of drug-likeness (QED) is 0.847. The van der Waals surface area contributed by atoms with Gasteiger partial charge >= 0.3 is 0 Å². The minimum Gasteiger partial charge on any atom is -0.507 e. The standard InChI is InChI=1S/C14H11FO3/c1-18-11-4-5-13(15)12(7-11)9-2-3-10(8-16)14(17)6-9/h2-8,17H,1H3. The number of benzene rings is 2. The molecule has 0 amide bonds. The maximum absolute atomic E-state index is 13.7. The van der Waals surface area contributed by atoms with Gasteiger partial charge in [-0.3, -0.25) is 4.79 Å². The summed E-state index contributed by atoms with van der Waals surface area (Å²) >= 11 is 0. The smallest absolute Gasteiger partial charge is 0.153 e. The molecule has 2 aromatic carbocycles. The van der Waals surface area contributed by atoms with Crippen LogP contribution in [0.15, 0.2) is 36.4 Å². The van der Waals surface area contributed by atoms with E-state index in [4.69, 9.17) is 4.74 Å². The third-order valence-corrected chi connectivity index (χ3v) is 2.64. The van der Waals surface area contributed by atoms with Crippen molar-refractivity contribution in [3.8, 4) is 22.6 Å². The number of carbonyl (C=O) groups is 1. The Balaban J connectivity index is 2.54. The number of aromatic hydroxyl groups is 1. The highest BCUT2D eigenvalue weighted by Gasteiger charge is 2.09. The zero-order valence-electron chi connectivity index (χ0n) is 9.68. The van der Waals surface area contributed by atoms with Crippen molar-refractivity contribution in [3.05, 3.63) is 47.8 Å². The molecule has 92 valence electrons. The Labute approximate surface area is 103 Å². The Hall–Kier alpha value is -2.36. The maximum Gasteiger partial charge on any atom is 0.153 e. The molecule has 4 heteroatoms. The van der Waals surface area contributed by atoms with Crippen molar-refractivity contribution in [2.45, 2.75) is 0 Å². The predicted octanol–water partition coefficient (Wildman–Crippen LogP) is 3.02. The average molecular weight is 246 g/mol. The summed E-state index contributed by atoms with van der Waals surface area (Å²) in [6.07, 6.45) is 0.543. The van der Waals surface area contributed by atoms with E-state index in [2.05, 4.69) is 0 Å². The molecular formula is C14H11FO3. The third kappa shape index (κ3) is 2.18. The highest BCUT2D eigenvalue weighted by molar-refractivity contribution is 5.81. The van der Waals surface area contributed by atoms with Gasteiger partial charge in [0.05, 0.1) is 12.7 Å². The van der Waals surface area contributed by atoms with Gasteiger partial charge in [0, 0.05) is 5.56 Å². The second-order valence-corrected chi connectivity index (χ2v) is 3.74. The van der Waals surface area contributed by atoms with Crippen LogP contribution < -0.4 is 4.74 Å². The van der Waals surface area contributed by atoms with Gasteiger partial charge in [-0.15, -0.1) is 0 Å². The topological polar surface area (TPSA) is 46.5 Å². The summed E-state index contributed by atoms with van der Waals surface area (Å²) in [6.45, 7) is 0. The summed E-state index contributed by atoms with van der Waals surface area (Å²) < 4.78 is 18.7. The van der Waals surface area contributed by atoms with Crippen molar-refractivity contribution in [2.75, 3.05) is 7.11 Å². The van der Waals surface area contributed by atoms with E-state index in [1.807, 2.05) is 0 Å². The van der Waals surface area contributed by atoms with Crippen molar-refractivity contribution < 1.29 is 19.0 Å². The van der Waals surface area contributed by atoms with Crippen molar-refractivity contribution in [3.63, 3.8) is 0 Å². The lowest BCUT2D eigenvalue weighted by Gasteiger charge is -2.07.